The van der Waals surface area contributed by atoms with Crippen LogP contribution in [0.3, 0.4) is 0 Å². The van der Waals surface area contributed by atoms with Crippen molar-refractivity contribution in [1.29, 1.82) is 0 Å². The first-order chi connectivity index (χ1) is 9.62. The van der Waals surface area contributed by atoms with E-state index >= 15 is 0 Å². The predicted octanol–water partition coefficient (Wildman–Crippen LogP) is -0.482. The van der Waals surface area contributed by atoms with Gasteiger partial charge in [0.15, 0.2) is 5.82 Å². The van der Waals surface area contributed by atoms with Crippen LogP contribution in [0.25, 0.3) is 0 Å². The van der Waals surface area contributed by atoms with Crippen LogP contribution in [0.4, 0.5) is 11.6 Å². The second-order valence-electron chi connectivity index (χ2n) is 4.24. The Kier molecular flexibility index (Phi) is 4.46. The molecule has 108 valence electrons. The summed E-state index contributed by atoms with van der Waals surface area (Å²) in [7, 11) is 1.74. The molecular formula is C12H17N5O3. The van der Waals surface area contributed by atoms with E-state index < -0.39 is 0 Å². The van der Waals surface area contributed by atoms with Crippen LogP contribution in [0.1, 0.15) is 12.7 Å². The summed E-state index contributed by atoms with van der Waals surface area (Å²) in [6.07, 6.45) is 0. The summed E-state index contributed by atoms with van der Waals surface area (Å²) < 4.78 is 5.29. The second-order valence-corrected chi connectivity index (χ2v) is 4.24. The maximum absolute atomic E-state index is 11.4. The van der Waals surface area contributed by atoms with E-state index in [1.165, 1.54) is 0 Å². The van der Waals surface area contributed by atoms with E-state index in [1.54, 1.807) is 18.0 Å². The fourth-order valence-electron chi connectivity index (χ4n) is 1.83. The number of nitrogens with zero attached hydrogens (tertiary/aromatic N) is 3. The van der Waals surface area contributed by atoms with Gasteiger partial charge < -0.3 is 15.0 Å². The van der Waals surface area contributed by atoms with Crippen molar-refractivity contribution in [3.8, 4) is 0 Å². The second kappa shape index (κ2) is 6.29. The van der Waals surface area contributed by atoms with Crippen molar-refractivity contribution in [2.45, 2.75) is 13.5 Å². The number of imide groups is 1. The third-order valence-electron chi connectivity index (χ3n) is 2.72. The first kappa shape index (κ1) is 14.2. The lowest BCUT2D eigenvalue weighted by atomic mass is 10.3. The average molecular weight is 279 g/mol. The van der Waals surface area contributed by atoms with Gasteiger partial charge in [-0.25, -0.2) is 9.97 Å². The number of hydrogen-bond donors (Lipinski definition) is 2. The third kappa shape index (κ3) is 3.41. The Hall–Kier alpha value is -2.22. The molecule has 0 spiro atoms. The number of ether oxygens (including phenoxy) is 1. The Bertz CT molecular complexity index is 504. The van der Waals surface area contributed by atoms with Crippen LogP contribution in [-0.4, -0.2) is 48.5 Å². The average Bonchev–Trinajstić information content (AvgIpc) is 2.43. The Labute approximate surface area is 116 Å². The number of amides is 2. The van der Waals surface area contributed by atoms with Crippen LogP contribution in [0.5, 0.6) is 0 Å². The molecule has 0 saturated carbocycles. The largest absolute Gasteiger partial charge is 0.374 e. The molecule has 20 heavy (non-hydrogen) atoms. The summed E-state index contributed by atoms with van der Waals surface area (Å²) in [5, 5.41) is 5.18. The monoisotopic (exact) mass is 279 g/mol. The molecule has 1 aromatic heterocycles. The van der Waals surface area contributed by atoms with Crippen molar-refractivity contribution in [2.24, 2.45) is 0 Å². The summed E-state index contributed by atoms with van der Waals surface area (Å²) in [5.41, 5.74) is 0. The van der Waals surface area contributed by atoms with E-state index in [4.69, 9.17) is 4.74 Å². The number of anilines is 2. The normalized spacial score (nSPS) is 15.2. The van der Waals surface area contributed by atoms with Gasteiger partial charge in [-0.1, -0.05) is 0 Å². The van der Waals surface area contributed by atoms with Crippen molar-refractivity contribution in [1.82, 2.24) is 15.3 Å². The molecule has 0 aliphatic carbocycles. The molecule has 8 nitrogen and oxygen atoms in total. The van der Waals surface area contributed by atoms with Gasteiger partial charge in [-0.05, 0) is 6.92 Å². The highest BCUT2D eigenvalue weighted by Crippen LogP contribution is 2.17. The number of carbonyl (C=O) groups is 2. The predicted molar refractivity (Wildman–Crippen MR) is 72.3 cm³/mol. The highest BCUT2D eigenvalue weighted by molar-refractivity contribution is 6.02. The molecule has 8 heteroatoms. The lowest BCUT2D eigenvalue weighted by Crippen LogP contribution is -2.51. The highest BCUT2D eigenvalue weighted by atomic mass is 16.5. The molecule has 0 bridgehead atoms. The van der Waals surface area contributed by atoms with Crippen LogP contribution in [0.15, 0.2) is 6.07 Å². The van der Waals surface area contributed by atoms with Crippen LogP contribution in [-0.2, 0) is 20.9 Å². The molecule has 0 unspecified atom stereocenters. The Morgan fingerprint density at radius 3 is 2.65 bits per heavy atom. The molecule has 0 atom stereocenters. The zero-order valence-electron chi connectivity index (χ0n) is 11.5. The summed E-state index contributed by atoms with van der Waals surface area (Å²) in [6.45, 7) is 2.93. The van der Waals surface area contributed by atoms with E-state index in [2.05, 4.69) is 20.6 Å². The maximum atomic E-state index is 11.4. The maximum Gasteiger partial charge on any atom is 0.246 e. The quantitative estimate of drug-likeness (QED) is 0.702. The first-order valence-corrected chi connectivity index (χ1v) is 6.33. The van der Waals surface area contributed by atoms with Gasteiger partial charge in [-0.15, -0.1) is 0 Å². The number of carbonyl (C=O) groups excluding carboxylic acids is 2. The zero-order chi connectivity index (χ0) is 14.5. The molecule has 0 aromatic carbocycles. The van der Waals surface area contributed by atoms with E-state index in [-0.39, 0.29) is 31.5 Å². The zero-order valence-corrected chi connectivity index (χ0v) is 11.5. The number of hydrogen-bond acceptors (Lipinski definition) is 7. The van der Waals surface area contributed by atoms with Gasteiger partial charge in [0.2, 0.25) is 11.8 Å². The highest BCUT2D eigenvalue weighted by Gasteiger charge is 2.24. The number of nitrogens with one attached hydrogen (secondary N) is 2. The molecule has 1 aliphatic rings. The van der Waals surface area contributed by atoms with Crippen LogP contribution >= 0.6 is 0 Å². The van der Waals surface area contributed by atoms with E-state index in [1.807, 2.05) is 6.92 Å². The number of piperazine rings is 1. The van der Waals surface area contributed by atoms with Gasteiger partial charge in [0.05, 0.1) is 13.1 Å². The van der Waals surface area contributed by atoms with Crippen molar-refractivity contribution >= 4 is 23.5 Å². The Morgan fingerprint density at radius 2 is 2.05 bits per heavy atom. The molecule has 2 heterocycles. The molecule has 2 N–H and O–H groups in total. The van der Waals surface area contributed by atoms with Gasteiger partial charge in [0, 0.05) is 19.7 Å². The van der Waals surface area contributed by atoms with Crippen molar-refractivity contribution in [3.05, 3.63) is 11.9 Å². The first-order valence-electron chi connectivity index (χ1n) is 6.33. The fourth-order valence-corrected chi connectivity index (χ4v) is 1.83. The minimum atomic E-state index is -0.336. The van der Waals surface area contributed by atoms with Crippen molar-refractivity contribution < 1.29 is 14.3 Å². The SMILES string of the molecule is CCOCc1nc(NC)cc(N2CC(=O)NC(=O)C2)n1. The summed E-state index contributed by atoms with van der Waals surface area (Å²) >= 11 is 0. The lowest BCUT2D eigenvalue weighted by molar-refractivity contribution is -0.130. The van der Waals surface area contributed by atoms with E-state index in [9.17, 15) is 9.59 Å². The molecule has 0 radical (unpaired) electrons. The molecule has 1 fully saturated rings. The minimum Gasteiger partial charge on any atom is -0.374 e. The van der Waals surface area contributed by atoms with Crippen LogP contribution < -0.4 is 15.5 Å². The Balaban J connectivity index is 2.25. The van der Waals surface area contributed by atoms with Gasteiger partial charge in [-0.2, -0.15) is 0 Å². The Morgan fingerprint density at radius 1 is 1.35 bits per heavy atom. The van der Waals surface area contributed by atoms with Gasteiger partial charge in [0.1, 0.15) is 18.2 Å². The molecular weight excluding hydrogens is 262 g/mol. The lowest BCUT2D eigenvalue weighted by Gasteiger charge is -2.26. The topological polar surface area (TPSA) is 96.5 Å². The van der Waals surface area contributed by atoms with Gasteiger partial charge in [-0.3, -0.25) is 14.9 Å². The summed E-state index contributed by atoms with van der Waals surface area (Å²) in [6, 6.07) is 1.70. The van der Waals surface area contributed by atoms with E-state index in [0.29, 0.717) is 24.1 Å². The van der Waals surface area contributed by atoms with Crippen molar-refractivity contribution in [3.63, 3.8) is 0 Å². The molecule has 2 amide bonds. The van der Waals surface area contributed by atoms with E-state index in [0.717, 1.165) is 0 Å². The molecule has 1 aromatic rings. The summed E-state index contributed by atoms with van der Waals surface area (Å²) in [5.74, 6) is 0.979. The van der Waals surface area contributed by atoms with Crippen LogP contribution in [0.2, 0.25) is 0 Å². The minimum absolute atomic E-state index is 0.0972. The van der Waals surface area contributed by atoms with Crippen molar-refractivity contribution in [2.75, 3.05) is 37.0 Å². The molecule has 1 saturated heterocycles. The number of rotatable bonds is 5. The fraction of sp³-hybridized carbons (Fsp3) is 0.500. The third-order valence-corrected chi connectivity index (χ3v) is 2.72. The standard InChI is InChI=1S/C12H17N5O3/c1-3-20-7-9-14-8(13-2)4-10(15-9)17-5-11(18)16-12(19)6-17/h4H,3,5-7H2,1-2H3,(H,13,14,15)(H,16,18,19). The number of aromatic nitrogens is 2. The van der Waals surface area contributed by atoms with Crippen LogP contribution in [0, 0.1) is 0 Å². The smallest absolute Gasteiger partial charge is 0.246 e. The van der Waals surface area contributed by atoms with Gasteiger partial charge >= 0.3 is 0 Å². The molecule has 1 aliphatic heterocycles. The molecule has 2 rings (SSSR count). The summed E-state index contributed by atoms with van der Waals surface area (Å²) in [4.78, 5) is 33.0. The van der Waals surface area contributed by atoms with Gasteiger partial charge in [0.25, 0.3) is 0 Å².